The van der Waals surface area contributed by atoms with Gasteiger partial charge in [-0.1, -0.05) is 0 Å². The monoisotopic (exact) mass is 323 g/mol. The number of ether oxygens (including phenoxy) is 1. The van der Waals surface area contributed by atoms with Crippen LogP contribution in [0.1, 0.15) is 20.8 Å². The van der Waals surface area contributed by atoms with Crippen LogP contribution in [0, 0.1) is 5.82 Å². The summed E-state index contributed by atoms with van der Waals surface area (Å²) in [5, 5.41) is 2.66. The first kappa shape index (κ1) is 16.7. The van der Waals surface area contributed by atoms with E-state index in [1.165, 1.54) is 17.7 Å². The number of H-pyrrole nitrogens is 1. The fourth-order valence-electron chi connectivity index (χ4n) is 2.06. The molecule has 0 radical (unpaired) electrons. The summed E-state index contributed by atoms with van der Waals surface area (Å²) in [6.45, 7) is 4.94. The summed E-state index contributed by atoms with van der Waals surface area (Å²) in [6, 6.07) is 2.33. The molecular weight excluding hydrogens is 305 g/mol. The maximum Gasteiger partial charge on any atom is 0.328 e. The van der Waals surface area contributed by atoms with Crippen molar-refractivity contribution in [2.75, 3.05) is 11.9 Å². The van der Waals surface area contributed by atoms with E-state index in [4.69, 9.17) is 4.74 Å². The summed E-state index contributed by atoms with van der Waals surface area (Å²) in [5.41, 5.74) is -1.65. The molecule has 0 unspecified atom stereocenters. The van der Waals surface area contributed by atoms with Gasteiger partial charge in [0.05, 0.1) is 16.6 Å². The Bertz CT molecular complexity index is 877. The second-order valence-electron chi connectivity index (χ2n) is 6.11. The van der Waals surface area contributed by atoms with Gasteiger partial charge in [-0.2, -0.15) is 0 Å². The van der Waals surface area contributed by atoms with Crippen LogP contribution in [0.4, 0.5) is 10.1 Å². The summed E-state index contributed by atoms with van der Waals surface area (Å²) in [5.74, 6) is -1.25. The van der Waals surface area contributed by atoms with Gasteiger partial charge in [-0.15, -0.1) is 0 Å². The number of carbonyl (C=O) groups is 1. The highest BCUT2D eigenvalue weighted by Crippen LogP contribution is 2.19. The van der Waals surface area contributed by atoms with Crippen LogP contribution in [0.5, 0.6) is 0 Å². The Morgan fingerprint density at radius 2 is 2.00 bits per heavy atom. The lowest BCUT2D eigenvalue weighted by molar-refractivity contribution is -0.152. The summed E-state index contributed by atoms with van der Waals surface area (Å²) < 4.78 is 20.4. The number of rotatable bonds is 3. The Kier molecular flexibility index (Phi) is 4.26. The van der Waals surface area contributed by atoms with E-state index in [-0.39, 0.29) is 23.1 Å². The molecular formula is C15H18FN3O4. The molecule has 0 amide bonds. The molecule has 2 rings (SSSR count). The SMILES string of the molecule is Cn1c(=O)[nH]c(=O)c2cc(F)c(NCC(=O)OC(C)(C)C)cc21. The summed E-state index contributed by atoms with van der Waals surface area (Å²) in [6.07, 6.45) is 0. The van der Waals surface area contributed by atoms with Gasteiger partial charge in [0.2, 0.25) is 0 Å². The zero-order valence-corrected chi connectivity index (χ0v) is 13.3. The number of anilines is 1. The van der Waals surface area contributed by atoms with Gasteiger partial charge < -0.3 is 10.1 Å². The molecule has 2 N–H and O–H groups in total. The van der Waals surface area contributed by atoms with Crippen molar-refractivity contribution >= 4 is 22.6 Å². The van der Waals surface area contributed by atoms with E-state index in [1.807, 2.05) is 0 Å². The molecule has 0 fully saturated rings. The number of fused-ring (bicyclic) bond motifs is 1. The first-order valence-electron chi connectivity index (χ1n) is 6.97. The third-order valence-electron chi connectivity index (χ3n) is 3.06. The molecule has 8 heteroatoms. The van der Waals surface area contributed by atoms with E-state index in [0.717, 1.165) is 6.07 Å². The second-order valence-corrected chi connectivity index (χ2v) is 6.11. The van der Waals surface area contributed by atoms with E-state index >= 15 is 0 Å². The van der Waals surface area contributed by atoms with Crippen LogP contribution < -0.4 is 16.6 Å². The minimum Gasteiger partial charge on any atom is -0.459 e. The molecule has 1 aromatic carbocycles. The highest BCUT2D eigenvalue weighted by atomic mass is 19.1. The van der Waals surface area contributed by atoms with Crippen molar-refractivity contribution in [3.8, 4) is 0 Å². The van der Waals surface area contributed by atoms with Gasteiger partial charge in [-0.25, -0.2) is 9.18 Å². The lowest BCUT2D eigenvalue weighted by Crippen LogP contribution is -2.29. The van der Waals surface area contributed by atoms with Crippen molar-refractivity contribution in [3.05, 3.63) is 38.8 Å². The number of nitrogens with one attached hydrogen (secondary N) is 2. The molecule has 0 saturated heterocycles. The van der Waals surface area contributed by atoms with Crippen molar-refractivity contribution in [2.45, 2.75) is 26.4 Å². The molecule has 7 nitrogen and oxygen atoms in total. The molecule has 0 aliphatic rings. The Hall–Kier alpha value is -2.64. The number of hydrogen-bond donors (Lipinski definition) is 2. The van der Waals surface area contributed by atoms with Crippen molar-refractivity contribution in [1.82, 2.24) is 9.55 Å². The quantitative estimate of drug-likeness (QED) is 0.826. The van der Waals surface area contributed by atoms with E-state index in [2.05, 4.69) is 10.3 Å². The van der Waals surface area contributed by atoms with Gasteiger partial charge in [-0.05, 0) is 32.9 Å². The van der Waals surface area contributed by atoms with Crippen molar-refractivity contribution in [1.29, 1.82) is 0 Å². The zero-order chi connectivity index (χ0) is 17.4. The largest absolute Gasteiger partial charge is 0.459 e. The maximum absolute atomic E-state index is 14.1. The van der Waals surface area contributed by atoms with Gasteiger partial charge in [0, 0.05) is 7.05 Å². The summed E-state index contributed by atoms with van der Waals surface area (Å²) in [4.78, 5) is 37.1. The molecule has 0 aliphatic heterocycles. The second kappa shape index (κ2) is 5.86. The Morgan fingerprint density at radius 1 is 1.35 bits per heavy atom. The zero-order valence-electron chi connectivity index (χ0n) is 13.3. The number of nitrogens with zero attached hydrogens (tertiary/aromatic N) is 1. The van der Waals surface area contributed by atoms with Crippen LogP contribution in [0.3, 0.4) is 0 Å². The third-order valence-corrected chi connectivity index (χ3v) is 3.06. The van der Waals surface area contributed by atoms with Gasteiger partial charge >= 0.3 is 11.7 Å². The van der Waals surface area contributed by atoms with Crippen molar-refractivity contribution in [2.24, 2.45) is 7.05 Å². The molecule has 1 aromatic heterocycles. The normalized spacial score (nSPS) is 11.5. The molecule has 0 atom stereocenters. The highest BCUT2D eigenvalue weighted by Gasteiger charge is 2.17. The lowest BCUT2D eigenvalue weighted by atomic mass is 10.2. The maximum atomic E-state index is 14.1. The Balaban J connectivity index is 2.34. The fourth-order valence-corrected chi connectivity index (χ4v) is 2.06. The van der Waals surface area contributed by atoms with Gasteiger partial charge in [0.15, 0.2) is 0 Å². The first-order chi connectivity index (χ1) is 10.6. The predicted molar refractivity (Wildman–Crippen MR) is 84.1 cm³/mol. The average molecular weight is 323 g/mol. The van der Waals surface area contributed by atoms with Crippen LogP contribution >= 0.6 is 0 Å². The summed E-state index contributed by atoms with van der Waals surface area (Å²) in [7, 11) is 1.45. The molecule has 124 valence electrons. The molecule has 2 aromatic rings. The van der Waals surface area contributed by atoms with E-state index in [0.29, 0.717) is 0 Å². The van der Waals surface area contributed by atoms with E-state index in [1.54, 1.807) is 20.8 Å². The van der Waals surface area contributed by atoms with E-state index in [9.17, 15) is 18.8 Å². The van der Waals surface area contributed by atoms with E-state index < -0.39 is 28.6 Å². The number of halogens is 1. The third kappa shape index (κ3) is 3.77. The molecule has 1 heterocycles. The summed E-state index contributed by atoms with van der Waals surface area (Å²) >= 11 is 0. The van der Waals surface area contributed by atoms with Crippen molar-refractivity contribution < 1.29 is 13.9 Å². The van der Waals surface area contributed by atoms with Gasteiger partial charge in [0.1, 0.15) is 18.0 Å². The predicted octanol–water partition coefficient (Wildman–Crippen LogP) is 1.12. The topological polar surface area (TPSA) is 93.2 Å². The van der Waals surface area contributed by atoms with Crippen molar-refractivity contribution in [3.63, 3.8) is 0 Å². The number of esters is 1. The number of hydrogen-bond acceptors (Lipinski definition) is 5. The Labute approximate surface area is 131 Å². The van der Waals surface area contributed by atoms with Crippen LogP contribution in [0.2, 0.25) is 0 Å². The number of carbonyl (C=O) groups excluding carboxylic acids is 1. The standard InChI is InChI=1S/C15H18FN3O4/c1-15(2,3)23-12(20)7-17-10-6-11-8(5-9(10)16)13(21)18-14(22)19(11)4/h5-6,17H,7H2,1-4H3,(H,18,21,22). The number of aryl methyl sites for hydroxylation is 1. The highest BCUT2D eigenvalue weighted by molar-refractivity contribution is 5.83. The number of aromatic nitrogens is 2. The fraction of sp³-hybridized carbons (Fsp3) is 0.400. The minimum atomic E-state index is -0.704. The van der Waals surface area contributed by atoms with Gasteiger partial charge in [0.25, 0.3) is 5.56 Å². The van der Waals surface area contributed by atoms with Gasteiger partial charge in [-0.3, -0.25) is 19.1 Å². The van der Waals surface area contributed by atoms with Crippen LogP contribution in [0.15, 0.2) is 21.7 Å². The smallest absolute Gasteiger partial charge is 0.328 e. The molecule has 0 spiro atoms. The number of aromatic amines is 1. The van der Waals surface area contributed by atoms with Crippen LogP contribution in [0.25, 0.3) is 10.9 Å². The lowest BCUT2D eigenvalue weighted by Gasteiger charge is -2.20. The molecule has 23 heavy (non-hydrogen) atoms. The van der Waals surface area contributed by atoms with Crippen LogP contribution in [-0.2, 0) is 16.6 Å². The first-order valence-corrected chi connectivity index (χ1v) is 6.97. The number of benzene rings is 1. The molecule has 0 aliphatic carbocycles. The minimum absolute atomic E-state index is 0.00367. The molecule has 0 bridgehead atoms. The van der Waals surface area contributed by atoms with Crippen LogP contribution in [-0.4, -0.2) is 27.7 Å². The Morgan fingerprint density at radius 3 is 2.61 bits per heavy atom. The average Bonchev–Trinajstić information content (AvgIpc) is 2.41. The molecule has 0 saturated carbocycles.